The molecule has 0 aliphatic heterocycles. The second-order valence-electron chi connectivity index (χ2n) is 2.93. The van der Waals surface area contributed by atoms with Crippen LogP contribution in [0.3, 0.4) is 0 Å². The summed E-state index contributed by atoms with van der Waals surface area (Å²) < 4.78 is 15.0. The van der Waals surface area contributed by atoms with Gasteiger partial charge in [-0.25, -0.2) is 0 Å². The summed E-state index contributed by atoms with van der Waals surface area (Å²) in [6, 6.07) is 0. The molecule has 1 aliphatic carbocycles. The molecule has 0 aromatic rings. The van der Waals surface area contributed by atoms with Crippen molar-refractivity contribution in [3.05, 3.63) is 57.1 Å². The molecule has 0 atom stereocenters. The average molecular weight is 418 g/mol. The Bertz CT molecular complexity index is 236. The minimum atomic E-state index is 0. The molecule has 0 saturated heterocycles. The van der Waals surface area contributed by atoms with E-state index in [9.17, 15) is 0 Å². The van der Waals surface area contributed by atoms with Crippen molar-refractivity contribution in [2.45, 2.75) is 20.8 Å². The van der Waals surface area contributed by atoms with Crippen molar-refractivity contribution in [3.63, 3.8) is 0 Å². The third-order valence-electron chi connectivity index (χ3n) is 1.21. The van der Waals surface area contributed by atoms with E-state index in [4.69, 9.17) is 14.5 Å². The fraction of sp³-hybridized carbons (Fsp3) is 0.231. The van der Waals surface area contributed by atoms with E-state index in [1.54, 1.807) is 13.0 Å². The zero-order chi connectivity index (χ0) is 14.1. The van der Waals surface area contributed by atoms with Crippen molar-refractivity contribution >= 4 is 5.71 Å². The average Bonchev–Trinajstić information content (AvgIpc) is 2.92. The summed E-state index contributed by atoms with van der Waals surface area (Å²) in [5, 5.41) is 11.1. The van der Waals surface area contributed by atoms with Crippen molar-refractivity contribution in [1.29, 1.82) is 0 Å². The van der Waals surface area contributed by atoms with Crippen molar-refractivity contribution in [2.75, 3.05) is 0 Å². The first kappa shape index (κ1) is 26.0. The number of nitrogens with zero attached hydrogens (tertiary/aromatic N) is 1. The van der Waals surface area contributed by atoms with Crippen LogP contribution < -0.4 is 0 Å². The van der Waals surface area contributed by atoms with Gasteiger partial charge in [-0.2, -0.15) is 0 Å². The van der Waals surface area contributed by atoms with Crippen LogP contribution in [0, 0.1) is 45.4 Å². The largest absolute Gasteiger partial charge is 2.00 e. The molecule has 18 heavy (non-hydrogen) atoms. The van der Waals surface area contributed by atoms with Crippen LogP contribution >= 0.6 is 0 Å². The topological polar surface area (TPSA) is 72.4 Å². The summed E-state index contributed by atoms with van der Waals surface area (Å²) >= 11 is 0. The van der Waals surface area contributed by atoms with Crippen LogP contribution in [0.2, 0.25) is 0 Å². The molecule has 1 saturated carbocycles. The quantitative estimate of drug-likeness (QED) is 0.230. The van der Waals surface area contributed by atoms with E-state index < -0.39 is 0 Å². The molecule has 1 rings (SSSR count). The predicted molar refractivity (Wildman–Crippen MR) is 63.7 cm³/mol. The van der Waals surface area contributed by atoms with Crippen LogP contribution in [-0.2, 0) is 30.4 Å². The summed E-state index contributed by atoms with van der Waals surface area (Å²) in [7, 11) is 0. The van der Waals surface area contributed by atoms with Gasteiger partial charge in [0, 0.05) is 0 Å². The number of hydrogen-bond donors (Lipinski definition) is 1. The summed E-state index contributed by atoms with van der Waals surface area (Å²) in [6.45, 7) is 14.6. The molecule has 1 N–H and O–H groups in total. The van der Waals surface area contributed by atoms with Gasteiger partial charge in [0.05, 0.1) is 5.71 Å². The summed E-state index contributed by atoms with van der Waals surface area (Å²) in [6.07, 6.45) is 11.8. The molecular weight excluding hydrogens is 402 g/mol. The minimum absolute atomic E-state index is 0. The van der Waals surface area contributed by atoms with Gasteiger partial charge in [0.1, 0.15) is 0 Å². The Kier molecular flexibility index (Phi) is 36.6. The second-order valence-corrected chi connectivity index (χ2v) is 2.93. The van der Waals surface area contributed by atoms with E-state index >= 15 is 0 Å². The van der Waals surface area contributed by atoms with Gasteiger partial charge in [-0.1, -0.05) is 10.7 Å². The number of allylic oxidation sites excluding steroid dienone is 2. The van der Waals surface area contributed by atoms with E-state index in [1.807, 2.05) is 46.0 Å². The smallest absolute Gasteiger partial charge is 0.0312 e. The molecule has 1 fully saturated rings. The van der Waals surface area contributed by atoms with Crippen molar-refractivity contribution < 1.29 is 35.6 Å². The number of rotatable bonds is 1. The SMILES string of the molecule is CC(C)=C/C(C)=N\O.[C-]#[O+].[C-]#[O+].[CH]1[CH][CH][CH][CH]1.[W+2]. The van der Waals surface area contributed by atoms with Crippen LogP contribution in [0.1, 0.15) is 20.8 Å². The molecule has 0 aromatic carbocycles. The van der Waals surface area contributed by atoms with E-state index in [-0.39, 0.29) is 21.1 Å². The van der Waals surface area contributed by atoms with E-state index in [2.05, 4.69) is 18.5 Å². The van der Waals surface area contributed by atoms with Crippen LogP contribution in [0.15, 0.2) is 16.8 Å². The van der Waals surface area contributed by atoms with Gasteiger partial charge in [-0.15, -0.1) is 0 Å². The first-order chi connectivity index (χ1) is 8.16. The van der Waals surface area contributed by atoms with Crippen molar-refractivity contribution in [3.8, 4) is 0 Å². The third kappa shape index (κ3) is 29.5. The molecule has 5 radical (unpaired) electrons. The van der Waals surface area contributed by atoms with E-state index in [0.717, 1.165) is 5.57 Å². The Morgan fingerprint density at radius 1 is 0.944 bits per heavy atom. The fourth-order valence-electron chi connectivity index (χ4n) is 0.767. The van der Waals surface area contributed by atoms with Gasteiger partial charge in [0.15, 0.2) is 0 Å². The Balaban J connectivity index is -0.0000000847. The normalized spacial score (nSPS) is 11.8. The molecule has 95 valence electrons. The predicted octanol–water partition coefficient (Wildman–Crippen LogP) is 2.75. The number of oxime groups is 1. The third-order valence-corrected chi connectivity index (χ3v) is 1.21. The number of hydrogen-bond acceptors (Lipinski definition) is 2. The minimum Gasteiger partial charge on any atom is -0.0312 e. The Morgan fingerprint density at radius 3 is 1.33 bits per heavy atom. The van der Waals surface area contributed by atoms with Crippen LogP contribution in [0.5, 0.6) is 0 Å². The molecule has 5 heteroatoms. The van der Waals surface area contributed by atoms with Gasteiger partial charge in [0.2, 0.25) is 0 Å². The Labute approximate surface area is 124 Å². The van der Waals surface area contributed by atoms with Crippen LogP contribution in [0.4, 0.5) is 0 Å². The van der Waals surface area contributed by atoms with Crippen LogP contribution in [0.25, 0.3) is 0 Å². The Hall–Kier alpha value is -0.622. The molecule has 0 aromatic heterocycles. The second kappa shape index (κ2) is 25.3. The summed E-state index contributed by atoms with van der Waals surface area (Å²) in [5.41, 5.74) is 1.78. The molecule has 0 bridgehead atoms. The standard InChI is InChI=1S/C6H11NO.C5H5.2CO.W/c1-5(2)4-6(3)7-8;1-2-4-5-3-1;2*1-2;/h4,8H,1-3H3;1-5H;;;/q;;;;+2/b7-6-;;;;. The van der Waals surface area contributed by atoms with Gasteiger partial charge < -0.3 is 5.21 Å². The van der Waals surface area contributed by atoms with Crippen LogP contribution in [-0.4, -0.2) is 10.9 Å². The van der Waals surface area contributed by atoms with Gasteiger partial charge in [-0.05, 0) is 59.0 Å². The van der Waals surface area contributed by atoms with Crippen molar-refractivity contribution in [2.24, 2.45) is 5.16 Å². The van der Waals surface area contributed by atoms with Gasteiger partial charge in [-0.3, -0.25) is 0 Å². The summed E-state index contributed by atoms with van der Waals surface area (Å²) in [4.78, 5) is 0. The van der Waals surface area contributed by atoms with E-state index in [0.29, 0.717) is 5.71 Å². The maximum absolute atomic E-state index is 8.13. The van der Waals surface area contributed by atoms with Gasteiger partial charge in [0.25, 0.3) is 0 Å². The molecular formula is C13H16NO3W+2. The zero-order valence-corrected chi connectivity index (χ0v) is 13.5. The molecule has 0 heterocycles. The first-order valence-electron chi connectivity index (χ1n) is 4.58. The summed E-state index contributed by atoms with van der Waals surface area (Å²) in [5.74, 6) is 0. The maximum atomic E-state index is 8.13. The molecule has 0 spiro atoms. The maximum Gasteiger partial charge on any atom is 2.00 e. The molecule has 0 amide bonds. The van der Waals surface area contributed by atoms with Gasteiger partial charge >= 0.3 is 43.7 Å². The molecule has 4 nitrogen and oxygen atoms in total. The monoisotopic (exact) mass is 418 g/mol. The fourth-order valence-corrected chi connectivity index (χ4v) is 0.767. The molecule has 1 aliphatic rings. The van der Waals surface area contributed by atoms with E-state index in [1.165, 1.54) is 0 Å². The molecule has 0 unspecified atom stereocenters. The first-order valence-corrected chi connectivity index (χ1v) is 4.58. The van der Waals surface area contributed by atoms with Crippen molar-refractivity contribution in [1.82, 2.24) is 0 Å². The zero-order valence-electron chi connectivity index (χ0n) is 10.6. The Morgan fingerprint density at radius 2 is 1.22 bits per heavy atom.